The van der Waals surface area contributed by atoms with Crippen molar-refractivity contribution in [3.8, 4) is 6.07 Å². The average Bonchev–Trinajstić information content (AvgIpc) is 2.60. The van der Waals surface area contributed by atoms with E-state index < -0.39 is 0 Å². The van der Waals surface area contributed by atoms with Crippen molar-refractivity contribution in [2.45, 2.75) is 0 Å². The molecule has 0 amide bonds. The Hall–Kier alpha value is -2.40. The minimum absolute atomic E-state index is 0.187. The lowest BCUT2D eigenvalue weighted by molar-refractivity contribution is 0.595. The van der Waals surface area contributed by atoms with E-state index in [-0.39, 0.29) is 11.4 Å². The van der Waals surface area contributed by atoms with Gasteiger partial charge in [0.25, 0.3) is 5.56 Å². The third-order valence-electron chi connectivity index (χ3n) is 4.10. The number of nitriles is 1. The second kappa shape index (κ2) is 6.61. The second-order valence-electron chi connectivity index (χ2n) is 5.52. The molecule has 1 aromatic heterocycles. The highest BCUT2D eigenvalue weighted by molar-refractivity contribution is 9.10. The van der Waals surface area contributed by atoms with Gasteiger partial charge in [0.15, 0.2) is 0 Å². The second-order valence-corrected chi connectivity index (χ2v) is 6.32. The maximum absolute atomic E-state index is 14.1. The number of nitrogens with zero attached hydrogens (tertiary/aromatic N) is 5. The summed E-state index contributed by atoms with van der Waals surface area (Å²) < 4.78 is 15.9. The lowest BCUT2D eigenvalue weighted by atomic mass is 10.1. The predicted molar refractivity (Wildman–Crippen MR) is 92.7 cm³/mol. The van der Waals surface area contributed by atoms with Gasteiger partial charge in [-0.3, -0.25) is 4.79 Å². The molecular formula is C16H15BrFN5O. The summed E-state index contributed by atoms with van der Waals surface area (Å²) in [5.41, 5.74) is 1.37. The highest BCUT2D eigenvalue weighted by Crippen LogP contribution is 2.26. The summed E-state index contributed by atoms with van der Waals surface area (Å²) in [5.74, 6) is -0.390. The fraction of sp³-hybridized carbons (Fsp3) is 0.312. The van der Waals surface area contributed by atoms with E-state index in [0.717, 1.165) is 5.69 Å². The molecule has 1 saturated heterocycles. The number of hydrogen-bond acceptors (Lipinski definition) is 5. The molecule has 0 radical (unpaired) electrons. The Labute approximate surface area is 146 Å². The summed E-state index contributed by atoms with van der Waals surface area (Å²) in [5, 5.41) is 12.9. The molecular weight excluding hydrogens is 377 g/mol. The SMILES string of the molecule is Cn1ncc(N2CCN(c3ccc(C#N)cc3F)CC2)c(Br)c1=O. The zero-order chi connectivity index (χ0) is 17.3. The van der Waals surface area contributed by atoms with Crippen LogP contribution in [0.3, 0.4) is 0 Å². The molecule has 0 atom stereocenters. The first-order chi connectivity index (χ1) is 11.5. The van der Waals surface area contributed by atoms with Gasteiger partial charge < -0.3 is 9.80 Å². The van der Waals surface area contributed by atoms with Crippen molar-refractivity contribution in [3.63, 3.8) is 0 Å². The van der Waals surface area contributed by atoms with Crippen LogP contribution in [0.2, 0.25) is 0 Å². The lowest BCUT2D eigenvalue weighted by Crippen LogP contribution is -2.47. The van der Waals surface area contributed by atoms with Crippen LogP contribution in [0.25, 0.3) is 0 Å². The number of rotatable bonds is 2. The molecule has 0 N–H and O–H groups in total. The third kappa shape index (κ3) is 2.99. The van der Waals surface area contributed by atoms with Crippen molar-refractivity contribution in [1.29, 1.82) is 5.26 Å². The molecule has 6 nitrogen and oxygen atoms in total. The van der Waals surface area contributed by atoms with E-state index >= 15 is 0 Å². The van der Waals surface area contributed by atoms with Crippen LogP contribution in [0, 0.1) is 17.1 Å². The first kappa shape index (κ1) is 16.5. The lowest BCUT2D eigenvalue weighted by Gasteiger charge is -2.37. The Morgan fingerprint density at radius 2 is 1.83 bits per heavy atom. The van der Waals surface area contributed by atoms with E-state index in [1.807, 2.05) is 11.0 Å². The number of aryl methyl sites for hydroxylation is 1. The number of piperazine rings is 1. The number of hydrogen-bond donors (Lipinski definition) is 0. The van der Waals surface area contributed by atoms with Crippen molar-refractivity contribution in [2.24, 2.45) is 7.05 Å². The maximum Gasteiger partial charge on any atom is 0.282 e. The van der Waals surface area contributed by atoms with Crippen LogP contribution in [0.1, 0.15) is 5.56 Å². The van der Waals surface area contributed by atoms with Gasteiger partial charge >= 0.3 is 0 Å². The monoisotopic (exact) mass is 391 g/mol. The summed E-state index contributed by atoms with van der Waals surface area (Å²) in [7, 11) is 1.60. The van der Waals surface area contributed by atoms with Gasteiger partial charge in [-0.15, -0.1) is 0 Å². The summed E-state index contributed by atoms with van der Waals surface area (Å²) in [6.45, 7) is 2.52. The van der Waals surface area contributed by atoms with Crippen LogP contribution >= 0.6 is 15.9 Å². The standard InChI is InChI=1S/C16H15BrFN5O/c1-21-16(24)15(17)14(10-20-21)23-6-4-22(5-7-23)13-3-2-11(9-19)8-12(13)18/h2-3,8,10H,4-7H2,1H3. The fourth-order valence-electron chi connectivity index (χ4n) is 2.74. The van der Waals surface area contributed by atoms with Gasteiger partial charge in [0, 0.05) is 33.2 Å². The molecule has 1 aliphatic heterocycles. The Morgan fingerprint density at radius 3 is 2.42 bits per heavy atom. The van der Waals surface area contributed by atoms with Gasteiger partial charge in [0.05, 0.1) is 29.2 Å². The molecule has 1 aromatic carbocycles. The molecule has 24 heavy (non-hydrogen) atoms. The van der Waals surface area contributed by atoms with Gasteiger partial charge in [-0.1, -0.05) is 0 Å². The highest BCUT2D eigenvalue weighted by atomic mass is 79.9. The zero-order valence-electron chi connectivity index (χ0n) is 13.0. The van der Waals surface area contributed by atoms with Crippen molar-refractivity contribution < 1.29 is 4.39 Å². The minimum atomic E-state index is -0.390. The molecule has 2 aromatic rings. The largest absolute Gasteiger partial charge is 0.366 e. The average molecular weight is 392 g/mol. The van der Waals surface area contributed by atoms with E-state index in [0.29, 0.717) is 41.9 Å². The maximum atomic E-state index is 14.1. The van der Waals surface area contributed by atoms with Gasteiger partial charge in [-0.2, -0.15) is 10.4 Å². The van der Waals surface area contributed by atoms with E-state index in [1.54, 1.807) is 25.4 Å². The van der Waals surface area contributed by atoms with Crippen LogP contribution in [0.5, 0.6) is 0 Å². The van der Waals surface area contributed by atoms with Crippen LogP contribution < -0.4 is 15.4 Å². The van der Waals surface area contributed by atoms with E-state index in [1.165, 1.54) is 10.7 Å². The Morgan fingerprint density at radius 1 is 1.21 bits per heavy atom. The molecule has 3 rings (SSSR count). The van der Waals surface area contributed by atoms with E-state index in [9.17, 15) is 9.18 Å². The van der Waals surface area contributed by atoms with Crippen molar-refractivity contribution in [3.05, 3.63) is 50.6 Å². The zero-order valence-corrected chi connectivity index (χ0v) is 14.6. The van der Waals surface area contributed by atoms with Crippen LogP contribution in [-0.2, 0) is 7.05 Å². The molecule has 0 unspecified atom stereocenters. The van der Waals surface area contributed by atoms with Crippen LogP contribution in [0.15, 0.2) is 33.7 Å². The third-order valence-corrected chi connectivity index (χ3v) is 4.84. The number of aromatic nitrogens is 2. The first-order valence-electron chi connectivity index (χ1n) is 7.42. The summed E-state index contributed by atoms with van der Waals surface area (Å²) >= 11 is 3.33. The van der Waals surface area contributed by atoms with Crippen molar-refractivity contribution in [2.75, 3.05) is 36.0 Å². The first-order valence-corrected chi connectivity index (χ1v) is 8.22. The van der Waals surface area contributed by atoms with E-state index in [4.69, 9.17) is 5.26 Å². The van der Waals surface area contributed by atoms with E-state index in [2.05, 4.69) is 25.9 Å². The number of benzene rings is 1. The molecule has 8 heteroatoms. The number of anilines is 2. The van der Waals surface area contributed by atoms with Crippen LogP contribution in [0.4, 0.5) is 15.8 Å². The molecule has 0 bridgehead atoms. The normalized spacial score (nSPS) is 14.6. The predicted octanol–water partition coefficient (Wildman–Crippen LogP) is 1.88. The summed E-state index contributed by atoms with van der Waals surface area (Å²) in [6.07, 6.45) is 1.66. The highest BCUT2D eigenvalue weighted by Gasteiger charge is 2.22. The Balaban J connectivity index is 1.76. The van der Waals surface area contributed by atoms with Gasteiger partial charge in [-0.05, 0) is 34.1 Å². The molecule has 124 valence electrons. The molecule has 0 spiro atoms. The quantitative estimate of drug-likeness (QED) is 0.781. The van der Waals surface area contributed by atoms with Gasteiger partial charge in [0.1, 0.15) is 10.3 Å². The Kier molecular flexibility index (Phi) is 4.53. The molecule has 1 aliphatic rings. The fourth-order valence-corrected chi connectivity index (χ4v) is 3.35. The molecule has 0 saturated carbocycles. The molecule has 2 heterocycles. The minimum Gasteiger partial charge on any atom is -0.366 e. The summed E-state index contributed by atoms with van der Waals surface area (Å²) in [4.78, 5) is 16.0. The summed E-state index contributed by atoms with van der Waals surface area (Å²) in [6, 6.07) is 6.44. The van der Waals surface area contributed by atoms with Crippen molar-refractivity contribution >= 4 is 27.3 Å². The van der Waals surface area contributed by atoms with Gasteiger partial charge in [0.2, 0.25) is 0 Å². The van der Waals surface area contributed by atoms with Gasteiger partial charge in [-0.25, -0.2) is 9.07 Å². The van der Waals surface area contributed by atoms with Crippen molar-refractivity contribution in [1.82, 2.24) is 9.78 Å². The molecule has 1 fully saturated rings. The topological polar surface area (TPSA) is 65.2 Å². The smallest absolute Gasteiger partial charge is 0.282 e. The molecule has 0 aliphatic carbocycles. The number of halogens is 2. The van der Waals surface area contributed by atoms with Crippen LogP contribution in [-0.4, -0.2) is 36.0 Å². The Bertz CT molecular complexity index is 868.